The predicted molar refractivity (Wildman–Crippen MR) is 142 cm³/mol. The van der Waals surface area contributed by atoms with Crippen LogP contribution in [0.4, 0.5) is 5.69 Å². The smallest absolute Gasteiger partial charge is 0.343 e. The summed E-state index contributed by atoms with van der Waals surface area (Å²) in [5, 5.41) is 8.10. The molecule has 0 radical (unpaired) electrons. The van der Waals surface area contributed by atoms with Crippen LogP contribution in [0, 0.1) is 6.92 Å². The van der Waals surface area contributed by atoms with Gasteiger partial charge in [0.05, 0.1) is 18.4 Å². The van der Waals surface area contributed by atoms with Crippen LogP contribution in [0.5, 0.6) is 11.5 Å². The molecule has 0 saturated carbocycles. The lowest BCUT2D eigenvalue weighted by Crippen LogP contribution is -2.32. The van der Waals surface area contributed by atoms with Crippen molar-refractivity contribution < 1.29 is 23.9 Å². The van der Waals surface area contributed by atoms with Gasteiger partial charge in [0.1, 0.15) is 11.5 Å². The highest BCUT2D eigenvalue weighted by atomic mass is 16.5. The Bertz CT molecular complexity index is 1480. The van der Waals surface area contributed by atoms with Crippen LogP contribution in [0.2, 0.25) is 0 Å². The summed E-state index contributed by atoms with van der Waals surface area (Å²) in [5.41, 5.74) is 4.48. The average Bonchev–Trinajstić information content (AvgIpc) is 2.90. The van der Waals surface area contributed by atoms with E-state index < -0.39 is 17.8 Å². The minimum atomic E-state index is -0.955. The number of nitrogens with zero attached hydrogens (tertiary/aromatic N) is 1. The molecule has 0 unspecified atom stereocenters. The zero-order valence-corrected chi connectivity index (χ0v) is 20.4. The molecular formula is C29H25N3O5. The van der Waals surface area contributed by atoms with E-state index in [0.717, 1.165) is 16.3 Å². The predicted octanol–water partition coefficient (Wildman–Crippen LogP) is 4.85. The third kappa shape index (κ3) is 6.37. The van der Waals surface area contributed by atoms with Crippen molar-refractivity contribution >= 4 is 40.5 Å². The molecule has 0 aliphatic heterocycles. The first-order valence-corrected chi connectivity index (χ1v) is 11.6. The lowest BCUT2D eigenvalue weighted by atomic mass is 10.0. The lowest BCUT2D eigenvalue weighted by Gasteiger charge is -2.11. The number of nitrogens with one attached hydrogen (secondary N) is 2. The third-order valence-electron chi connectivity index (χ3n) is 5.38. The van der Waals surface area contributed by atoms with Crippen molar-refractivity contribution in [2.75, 3.05) is 11.9 Å². The normalized spacial score (nSPS) is 10.8. The van der Waals surface area contributed by atoms with Gasteiger partial charge in [0, 0.05) is 11.3 Å². The first-order chi connectivity index (χ1) is 17.9. The van der Waals surface area contributed by atoms with Gasteiger partial charge in [-0.05, 0) is 67.1 Å². The number of esters is 1. The number of fused-ring (bicyclic) bond motifs is 1. The molecule has 0 aliphatic rings. The molecule has 2 amide bonds. The van der Waals surface area contributed by atoms with Crippen LogP contribution < -0.4 is 20.2 Å². The summed E-state index contributed by atoms with van der Waals surface area (Å²) in [5.74, 6) is -1.44. The van der Waals surface area contributed by atoms with E-state index in [9.17, 15) is 14.4 Å². The molecule has 0 bridgehead atoms. The molecule has 0 fully saturated rings. The van der Waals surface area contributed by atoms with E-state index in [0.29, 0.717) is 29.2 Å². The van der Waals surface area contributed by atoms with Crippen molar-refractivity contribution in [3.63, 3.8) is 0 Å². The van der Waals surface area contributed by atoms with Crippen molar-refractivity contribution in [1.29, 1.82) is 0 Å². The average molecular weight is 496 g/mol. The molecule has 186 valence electrons. The van der Waals surface area contributed by atoms with Crippen molar-refractivity contribution in [3.05, 3.63) is 102 Å². The Morgan fingerprint density at radius 1 is 0.892 bits per heavy atom. The number of amides is 2. The lowest BCUT2D eigenvalue weighted by molar-refractivity contribution is -0.136. The van der Waals surface area contributed by atoms with Crippen molar-refractivity contribution in [3.8, 4) is 11.5 Å². The number of hydrogen-bond donors (Lipinski definition) is 2. The quantitative estimate of drug-likeness (QED) is 0.125. The molecule has 0 atom stereocenters. The molecule has 4 rings (SSSR count). The standard InChI is InChI=1S/C29H25N3O5/c1-3-36-23-14-12-22(13-15-23)31-27(33)28(34)32-30-18-25-24-10-5-4-8-20(24)11-16-26(25)37-29(35)21-9-6-7-19(2)17-21/h4-18H,3H2,1-2H3,(H,31,33)(H,32,34). The van der Waals surface area contributed by atoms with Crippen LogP contribution in [0.25, 0.3) is 10.8 Å². The second-order valence-electron chi connectivity index (χ2n) is 8.07. The molecule has 0 heterocycles. The van der Waals surface area contributed by atoms with E-state index in [1.54, 1.807) is 48.5 Å². The highest BCUT2D eigenvalue weighted by molar-refractivity contribution is 6.39. The maximum atomic E-state index is 12.8. The van der Waals surface area contributed by atoms with Crippen LogP contribution in [-0.4, -0.2) is 30.6 Å². The van der Waals surface area contributed by atoms with Gasteiger partial charge in [0.2, 0.25) is 0 Å². The number of benzene rings is 4. The fourth-order valence-corrected chi connectivity index (χ4v) is 3.62. The number of hydrogen-bond acceptors (Lipinski definition) is 6. The Morgan fingerprint density at radius 2 is 1.68 bits per heavy atom. The van der Waals surface area contributed by atoms with Gasteiger partial charge in [-0.3, -0.25) is 9.59 Å². The summed E-state index contributed by atoms with van der Waals surface area (Å²) in [4.78, 5) is 37.3. The van der Waals surface area contributed by atoms with Crippen LogP contribution in [-0.2, 0) is 9.59 Å². The maximum absolute atomic E-state index is 12.8. The second kappa shape index (κ2) is 11.6. The van der Waals surface area contributed by atoms with Gasteiger partial charge < -0.3 is 14.8 Å². The summed E-state index contributed by atoms with van der Waals surface area (Å²) in [6.45, 7) is 4.28. The minimum absolute atomic E-state index is 0.266. The fraction of sp³-hybridized carbons (Fsp3) is 0.103. The van der Waals surface area contributed by atoms with E-state index >= 15 is 0 Å². The molecule has 0 aromatic heterocycles. The first-order valence-electron chi connectivity index (χ1n) is 11.6. The number of ether oxygens (including phenoxy) is 2. The van der Waals surface area contributed by atoms with Crippen molar-refractivity contribution in [2.45, 2.75) is 13.8 Å². The van der Waals surface area contributed by atoms with Gasteiger partial charge in [-0.2, -0.15) is 5.10 Å². The zero-order valence-electron chi connectivity index (χ0n) is 20.4. The topological polar surface area (TPSA) is 106 Å². The molecular weight excluding hydrogens is 470 g/mol. The van der Waals surface area contributed by atoms with Crippen LogP contribution >= 0.6 is 0 Å². The maximum Gasteiger partial charge on any atom is 0.343 e. The van der Waals surface area contributed by atoms with Crippen LogP contribution in [0.1, 0.15) is 28.4 Å². The van der Waals surface area contributed by atoms with Crippen LogP contribution in [0.15, 0.2) is 90.0 Å². The number of rotatable bonds is 7. The third-order valence-corrected chi connectivity index (χ3v) is 5.38. The molecule has 0 saturated heterocycles. The van der Waals surface area contributed by atoms with E-state index in [-0.39, 0.29) is 5.75 Å². The largest absolute Gasteiger partial charge is 0.494 e. The molecule has 0 spiro atoms. The molecule has 4 aromatic rings. The summed E-state index contributed by atoms with van der Waals surface area (Å²) < 4.78 is 11.0. The summed E-state index contributed by atoms with van der Waals surface area (Å²) in [6, 6.07) is 24.7. The molecule has 4 aromatic carbocycles. The highest BCUT2D eigenvalue weighted by Gasteiger charge is 2.15. The number of carbonyl (C=O) groups excluding carboxylic acids is 3. The Balaban J connectivity index is 1.50. The Labute approximate surface area is 213 Å². The molecule has 8 nitrogen and oxygen atoms in total. The van der Waals surface area contributed by atoms with E-state index in [4.69, 9.17) is 9.47 Å². The Kier molecular flexibility index (Phi) is 7.90. The van der Waals surface area contributed by atoms with Gasteiger partial charge in [0.15, 0.2) is 0 Å². The van der Waals surface area contributed by atoms with Crippen LogP contribution in [0.3, 0.4) is 0 Å². The summed E-state index contributed by atoms with van der Waals surface area (Å²) in [6.07, 6.45) is 1.35. The number of carbonyl (C=O) groups is 3. The molecule has 2 N–H and O–H groups in total. The molecule has 0 aliphatic carbocycles. The van der Waals surface area contributed by atoms with E-state index in [1.165, 1.54) is 6.21 Å². The fourth-order valence-electron chi connectivity index (χ4n) is 3.62. The molecule has 8 heteroatoms. The van der Waals surface area contributed by atoms with Gasteiger partial charge in [-0.25, -0.2) is 10.2 Å². The van der Waals surface area contributed by atoms with Crippen molar-refractivity contribution in [1.82, 2.24) is 5.43 Å². The molecule has 37 heavy (non-hydrogen) atoms. The summed E-state index contributed by atoms with van der Waals surface area (Å²) >= 11 is 0. The monoisotopic (exact) mass is 495 g/mol. The first kappa shape index (κ1) is 25.1. The zero-order chi connectivity index (χ0) is 26.2. The van der Waals surface area contributed by atoms with E-state index in [2.05, 4.69) is 15.8 Å². The van der Waals surface area contributed by atoms with Gasteiger partial charge in [-0.1, -0.05) is 48.0 Å². The second-order valence-corrected chi connectivity index (χ2v) is 8.07. The SMILES string of the molecule is CCOc1ccc(NC(=O)C(=O)NN=Cc2c(OC(=O)c3cccc(C)c3)ccc3ccccc23)cc1. The number of hydrazone groups is 1. The van der Waals surface area contributed by atoms with Crippen molar-refractivity contribution in [2.24, 2.45) is 5.10 Å². The van der Waals surface area contributed by atoms with Gasteiger partial charge >= 0.3 is 17.8 Å². The Morgan fingerprint density at radius 3 is 2.43 bits per heavy atom. The summed E-state index contributed by atoms with van der Waals surface area (Å²) in [7, 11) is 0. The number of aryl methyl sites for hydroxylation is 1. The van der Waals surface area contributed by atoms with Gasteiger partial charge in [0.25, 0.3) is 0 Å². The van der Waals surface area contributed by atoms with E-state index in [1.807, 2.05) is 50.2 Å². The van der Waals surface area contributed by atoms with Gasteiger partial charge in [-0.15, -0.1) is 0 Å². The number of anilines is 1. The minimum Gasteiger partial charge on any atom is -0.494 e. The highest BCUT2D eigenvalue weighted by Crippen LogP contribution is 2.27. The Hall–Kier alpha value is -4.98.